The highest BCUT2D eigenvalue weighted by Crippen LogP contribution is 2.40. The highest BCUT2D eigenvalue weighted by molar-refractivity contribution is 5.87. The van der Waals surface area contributed by atoms with Crippen LogP contribution in [-0.2, 0) is 28.5 Å². The number of rotatable bonds is 16. The van der Waals surface area contributed by atoms with Crippen molar-refractivity contribution < 1.29 is 33.6 Å². The van der Waals surface area contributed by atoms with Crippen molar-refractivity contribution in [3.8, 4) is 0 Å². The van der Waals surface area contributed by atoms with Crippen LogP contribution in [0.3, 0.4) is 0 Å². The molecule has 7 nitrogen and oxygen atoms in total. The van der Waals surface area contributed by atoms with Gasteiger partial charge in [-0.15, -0.1) is 0 Å². The lowest BCUT2D eigenvalue weighted by atomic mass is 9.88. The number of hydrogen-bond donors (Lipinski definition) is 1. The molecular weight excluding hydrogens is 508 g/mol. The van der Waals surface area contributed by atoms with Crippen molar-refractivity contribution >= 4 is 5.97 Å². The fraction of sp³-hybridized carbons (Fsp3) is 0.788. The van der Waals surface area contributed by atoms with Crippen LogP contribution in [0.5, 0.6) is 0 Å². The van der Waals surface area contributed by atoms with Gasteiger partial charge in [0.15, 0.2) is 12.6 Å². The third kappa shape index (κ3) is 10.7. The summed E-state index contributed by atoms with van der Waals surface area (Å²) in [7, 11) is 1.37. The maximum atomic E-state index is 11.6. The average Bonchev–Trinajstić information content (AvgIpc) is 3.27. The van der Waals surface area contributed by atoms with Crippen molar-refractivity contribution in [3.05, 3.63) is 36.5 Å². The van der Waals surface area contributed by atoms with E-state index in [9.17, 15) is 9.90 Å². The van der Waals surface area contributed by atoms with Crippen molar-refractivity contribution in [2.24, 2.45) is 17.8 Å². The Labute approximate surface area is 242 Å². The van der Waals surface area contributed by atoms with Gasteiger partial charge in [-0.1, -0.05) is 57.6 Å². The number of allylic oxidation sites excluding steroid dienone is 2. The van der Waals surface area contributed by atoms with Gasteiger partial charge in [-0.05, 0) is 76.0 Å². The Morgan fingerprint density at radius 2 is 1.82 bits per heavy atom. The van der Waals surface area contributed by atoms with Crippen LogP contribution in [0.15, 0.2) is 36.5 Å². The fourth-order valence-corrected chi connectivity index (χ4v) is 6.01. The lowest BCUT2D eigenvalue weighted by molar-refractivity contribution is -0.193. The van der Waals surface area contributed by atoms with Crippen molar-refractivity contribution in [1.29, 1.82) is 0 Å². The maximum Gasteiger partial charge on any atom is 0.333 e. The first-order valence-corrected chi connectivity index (χ1v) is 15.7. The molecule has 0 spiro atoms. The van der Waals surface area contributed by atoms with E-state index < -0.39 is 6.10 Å². The van der Waals surface area contributed by atoms with Crippen LogP contribution in [-0.4, -0.2) is 62.3 Å². The summed E-state index contributed by atoms with van der Waals surface area (Å²) in [6, 6.07) is 0. The third-order valence-corrected chi connectivity index (χ3v) is 8.56. The largest absolute Gasteiger partial charge is 0.466 e. The molecular formula is C33H54O7. The molecule has 3 fully saturated rings. The zero-order chi connectivity index (χ0) is 28.7. The molecule has 2 saturated heterocycles. The molecule has 1 aliphatic carbocycles. The molecule has 1 N–H and O–H groups in total. The minimum absolute atomic E-state index is 0.0300. The van der Waals surface area contributed by atoms with Gasteiger partial charge < -0.3 is 28.8 Å². The van der Waals surface area contributed by atoms with Crippen LogP contribution in [0, 0.1) is 17.8 Å². The number of methoxy groups -OCH3 is 1. The Morgan fingerprint density at radius 3 is 2.48 bits per heavy atom. The molecule has 2 heterocycles. The minimum Gasteiger partial charge on any atom is -0.466 e. The van der Waals surface area contributed by atoms with Gasteiger partial charge in [0.25, 0.3) is 0 Å². The van der Waals surface area contributed by atoms with Gasteiger partial charge in [-0.3, -0.25) is 0 Å². The summed E-state index contributed by atoms with van der Waals surface area (Å²) in [5.74, 6) is 0.0862. The first kappa shape index (κ1) is 33.0. The van der Waals surface area contributed by atoms with E-state index in [1.54, 1.807) is 0 Å². The summed E-state index contributed by atoms with van der Waals surface area (Å²) in [6.45, 7) is 9.78. The van der Waals surface area contributed by atoms with E-state index in [2.05, 4.69) is 44.7 Å². The first-order chi connectivity index (χ1) is 19.4. The second kappa shape index (κ2) is 18.1. The second-order valence-corrected chi connectivity index (χ2v) is 11.8. The first-order valence-electron chi connectivity index (χ1n) is 15.7. The molecule has 0 radical (unpaired) electrons. The van der Waals surface area contributed by atoms with Gasteiger partial charge in [-0.25, -0.2) is 4.79 Å². The van der Waals surface area contributed by atoms with Gasteiger partial charge in [0.05, 0.1) is 25.4 Å². The van der Waals surface area contributed by atoms with Crippen molar-refractivity contribution in [3.63, 3.8) is 0 Å². The quantitative estimate of drug-likeness (QED) is 0.128. The summed E-state index contributed by atoms with van der Waals surface area (Å²) in [6.07, 6.45) is 20.0. The maximum absolute atomic E-state index is 11.6. The molecule has 2 aliphatic heterocycles. The van der Waals surface area contributed by atoms with Crippen LogP contribution < -0.4 is 0 Å². The Hall–Kier alpha value is -1.51. The standard InChI is InChI=1S/C33H54O7/c1-5-6-14-24(2)29(39-31-17-10-12-21-37-31)20-19-27-26(16-9-7-8-15-25(3)33(35)36-4)28(34)23-30(27)40-32-18-11-13-22-38-32/h7,9,19-20,24,26-32,34H,3,5-6,8,10-18,21-23H2,1-2,4H3/t24-,26-,27-,28+,29-,30-,31?,32?/m1/s1. The van der Waals surface area contributed by atoms with E-state index >= 15 is 0 Å². The molecule has 0 bridgehead atoms. The molecule has 8 atom stereocenters. The van der Waals surface area contributed by atoms with E-state index in [1.165, 1.54) is 13.5 Å². The summed E-state index contributed by atoms with van der Waals surface area (Å²) in [5.41, 5.74) is 0.472. The Morgan fingerprint density at radius 1 is 1.10 bits per heavy atom. The van der Waals surface area contributed by atoms with Crippen LogP contribution in [0.25, 0.3) is 0 Å². The molecule has 3 aliphatic rings. The molecule has 0 amide bonds. The van der Waals surface area contributed by atoms with Gasteiger partial charge in [-0.2, -0.15) is 0 Å². The summed E-state index contributed by atoms with van der Waals surface area (Å²) in [4.78, 5) is 11.6. The third-order valence-electron chi connectivity index (χ3n) is 8.56. The topological polar surface area (TPSA) is 83.5 Å². The van der Waals surface area contributed by atoms with Crippen molar-refractivity contribution in [1.82, 2.24) is 0 Å². The van der Waals surface area contributed by atoms with E-state index in [1.807, 2.05) is 0 Å². The van der Waals surface area contributed by atoms with Gasteiger partial charge in [0.1, 0.15) is 0 Å². The zero-order valence-electron chi connectivity index (χ0n) is 25.1. The number of esters is 1. The number of ether oxygens (including phenoxy) is 5. The van der Waals surface area contributed by atoms with E-state index in [-0.39, 0.29) is 42.6 Å². The summed E-state index contributed by atoms with van der Waals surface area (Å²) >= 11 is 0. The highest BCUT2D eigenvalue weighted by Gasteiger charge is 2.42. The van der Waals surface area contributed by atoms with Crippen LogP contribution in [0.1, 0.15) is 97.3 Å². The summed E-state index contributed by atoms with van der Waals surface area (Å²) < 4.78 is 29.6. The lowest BCUT2D eigenvalue weighted by Gasteiger charge is -2.31. The monoisotopic (exact) mass is 562 g/mol. The minimum atomic E-state index is -0.462. The summed E-state index contributed by atoms with van der Waals surface area (Å²) in [5, 5.41) is 11.1. The second-order valence-electron chi connectivity index (χ2n) is 11.8. The zero-order valence-corrected chi connectivity index (χ0v) is 25.1. The number of carbonyl (C=O) groups excluding carboxylic acids is 1. The molecule has 0 aromatic carbocycles. The predicted octanol–water partition coefficient (Wildman–Crippen LogP) is 6.65. The van der Waals surface area contributed by atoms with Crippen molar-refractivity contribution in [2.45, 2.75) is 128 Å². The lowest BCUT2D eigenvalue weighted by Crippen LogP contribution is -2.32. The number of hydrogen-bond acceptors (Lipinski definition) is 7. The van der Waals surface area contributed by atoms with E-state index in [0.717, 1.165) is 71.0 Å². The number of aliphatic hydroxyl groups is 1. The number of unbranched alkanes of at least 4 members (excludes halogenated alkanes) is 1. The fourth-order valence-electron chi connectivity index (χ4n) is 6.01. The number of carbonyl (C=O) groups is 1. The Bertz CT molecular complexity index is 797. The SMILES string of the molecule is C=C(CCC=CC[C@@H]1[C@@H](C=C[C@@H](OC2CCCCO2)[C@H](C)CCCC)[C@H](OC2CCCCO2)C[C@@H]1O)C(=O)OC. The molecule has 1 saturated carbocycles. The normalized spacial score (nSPS) is 31.0. The van der Waals surface area contributed by atoms with E-state index in [0.29, 0.717) is 30.8 Å². The van der Waals surface area contributed by atoms with Crippen LogP contribution in [0.4, 0.5) is 0 Å². The molecule has 3 rings (SSSR count). The molecule has 7 heteroatoms. The number of aliphatic hydroxyl groups excluding tert-OH is 1. The van der Waals surface area contributed by atoms with Crippen LogP contribution in [0.2, 0.25) is 0 Å². The van der Waals surface area contributed by atoms with Crippen molar-refractivity contribution in [2.75, 3.05) is 20.3 Å². The average molecular weight is 563 g/mol. The van der Waals surface area contributed by atoms with Gasteiger partial charge in [0.2, 0.25) is 0 Å². The Kier molecular flexibility index (Phi) is 14.9. The molecule has 0 aromatic rings. The smallest absolute Gasteiger partial charge is 0.333 e. The molecule has 40 heavy (non-hydrogen) atoms. The predicted molar refractivity (Wildman–Crippen MR) is 157 cm³/mol. The molecule has 228 valence electrons. The van der Waals surface area contributed by atoms with Crippen LogP contribution >= 0.6 is 0 Å². The van der Waals surface area contributed by atoms with Gasteiger partial charge in [0, 0.05) is 31.1 Å². The van der Waals surface area contributed by atoms with Gasteiger partial charge >= 0.3 is 5.97 Å². The van der Waals surface area contributed by atoms with E-state index in [4.69, 9.17) is 23.7 Å². The molecule has 0 aromatic heterocycles. The highest BCUT2D eigenvalue weighted by atomic mass is 16.7. The Balaban J connectivity index is 1.71. The molecule has 2 unspecified atom stereocenters.